The maximum Gasteiger partial charge on any atom is 0.314 e. The lowest BCUT2D eigenvalue weighted by molar-refractivity contribution is -0.145. The number of carbonyl (C=O) groups is 1. The summed E-state index contributed by atoms with van der Waals surface area (Å²) in [4.78, 5) is 11.5. The van der Waals surface area contributed by atoms with Gasteiger partial charge in [0, 0.05) is 0 Å². The van der Waals surface area contributed by atoms with E-state index in [-0.39, 0.29) is 5.92 Å². The van der Waals surface area contributed by atoms with Crippen LogP contribution in [-0.4, -0.2) is 11.1 Å². The number of rotatable bonds is 5. The molecule has 0 radical (unpaired) electrons. The summed E-state index contributed by atoms with van der Waals surface area (Å²) in [7, 11) is 0. The average Bonchev–Trinajstić information content (AvgIpc) is 2.27. The van der Waals surface area contributed by atoms with Crippen LogP contribution in [0.5, 0.6) is 0 Å². The lowest BCUT2D eigenvalue weighted by Gasteiger charge is -2.29. The molecule has 1 aromatic rings. The van der Waals surface area contributed by atoms with E-state index in [4.69, 9.17) is 0 Å². The monoisotopic (exact) mass is 248 g/mol. The van der Waals surface area contributed by atoms with E-state index in [9.17, 15) is 9.90 Å². The Bertz CT molecular complexity index is 404. The van der Waals surface area contributed by atoms with E-state index in [1.165, 1.54) is 5.56 Å². The third kappa shape index (κ3) is 2.92. The van der Waals surface area contributed by atoms with E-state index in [1.807, 2.05) is 26.0 Å². The van der Waals surface area contributed by atoms with Crippen molar-refractivity contribution < 1.29 is 9.90 Å². The minimum absolute atomic E-state index is 0.0611. The topological polar surface area (TPSA) is 37.3 Å². The van der Waals surface area contributed by atoms with Gasteiger partial charge in [0.15, 0.2) is 0 Å². The van der Waals surface area contributed by atoms with Gasteiger partial charge in [0.05, 0.1) is 5.41 Å². The van der Waals surface area contributed by atoms with Gasteiger partial charge in [-0.2, -0.15) is 0 Å². The maximum absolute atomic E-state index is 11.5. The molecule has 0 aromatic heterocycles. The number of aliphatic carboxylic acids is 1. The quantitative estimate of drug-likeness (QED) is 0.858. The summed E-state index contributed by atoms with van der Waals surface area (Å²) in [5.41, 5.74) is 1.35. The van der Waals surface area contributed by atoms with Gasteiger partial charge in [-0.05, 0) is 36.3 Å². The molecule has 2 nitrogen and oxygen atoms in total. The van der Waals surface area contributed by atoms with E-state index in [0.29, 0.717) is 5.92 Å². The third-order valence-corrected chi connectivity index (χ3v) is 3.80. The summed E-state index contributed by atoms with van der Waals surface area (Å²) in [6, 6.07) is 8.04. The van der Waals surface area contributed by atoms with E-state index in [1.54, 1.807) is 6.92 Å². The summed E-state index contributed by atoms with van der Waals surface area (Å²) in [5.74, 6) is -0.0770. The van der Waals surface area contributed by atoms with Crippen molar-refractivity contribution in [3.8, 4) is 0 Å². The fraction of sp³-hybridized carbons (Fsp3) is 0.562. The lowest BCUT2D eigenvalue weighted by atomic mass is 9.73. The number of carboxylic acids is 1. The standard InChI is InChI=1S/C16H24O2/c1-11(2)10-13-6-8-14(9-7-13)16(5,12(3)4)15(17)18/h6-9,11-12H,10H2,1-5H3,(H,17,18). The molecular weight excluding hydrogens is 224 g/mol. The summed E-state index contributed by atoms with van der Waals surface area (Å²) in [6.07, 6.45) is 1.03. The Kier molecular flexibility index (Phi) is 4.55. The molecule has 0 aliphatic carbocycles. The molecule has 0 saturated carbocycles. The smallest absolute Gasteiger partial charge is 0.314 e. The molecule has 1 unspecified atom stereocenters. The number of hydrogen-bond acceptors (Lipinski definition) is 1. The van der Waals surface area contributed by atoms with Crippen molar-refractivity contribution in [1.29, 1.82) is 0 Å². The van der Waals surface area contributed by atoms with E-state index in [0.717, 1.165) is 12.0 Å². The first-order valence-electron chi connectivity index (χ1n) is 6.61. The molecule has 0 fully saturated rings. The van der Waals surface area contributed by atoms with Crippen LogP contribution in [0.25, 0.3) is 0 Å². The molecular formula is C16H24O2. The maximum atomic E-state index is 11.5. The van der Waals surface area contributed by atoms with Crippen molar-refractivity contribution >= 4 is 5.97 Å². The van der Waals surface area contributed by atoms with Crippen LogP contribution in [0.2, 0.25) is 0 Å². The van der Waals surface area contributed by atoms with Crippen LogP contribution >= 0.6 is 0 Å². The minimum Gasteiger partial charge on any atom is -0.481 e. The molecule has 1 atom stereocenters. The summed E-state index contributed by atoms with van der Waals surface area (Å²) >= 11 is 0. The molecule has 18 heavy (non-hydrogen) atoms. The molecule has 0 bridgehead atoms. The normalized spacial score (nSPS) is 14.8. The van der Waals surface area contributed by atoms with Crippen LogP contribution in [0.15, 0.2) is 24.3 Å². The van der Waals surface area contributed by atoms with E-state index in [2.05, 4.69) is 26.0 Å². The van der Waals surface area contributed by atoms with Gasteiger partial charge in [-0.1, -0.05) is 52.0 Å². The van der Waals surface area contributed by atoms with Gasteiger partial charge in [-0.3, -0.25) is 4.79 Å². The fourth-order valence-corrected chi connectivity index (χ4v) is 2.16. The molecule has 0 spiro atoms. The Morgan fingerprint density at radius 3 is 2.00 bits per heavy atom. The van der Waals surface area contributed by atoms with Crippen molar-refractivity contribution in [2.75, 3.05) is 0 Å². The molecule has 0 amide bonds. The first-order chi connectivity index (χ1) is 8.28. The largest absolute Gasteiger partial charge is 0.481 e. The Balaban J connectivity index is 3.06. The van der Waals surface area contributed by atoms with Crippen molar-refractivity contribution in [1.82, 2.24) is 0 Å². The second-order valence-corrected chi connectivity index (χ2v) is 5.96. The third-order valence-electron chi connectivity index (χ3n) is 3.80. The lowest BCUT2D eigenvalue weighted by Crippen LogP contribution is -2.37. The molecule has 0 heterocycles. The molecule has 1 N–H and O–H groups in total. The van der Waals surface area contributed by atoms with Gasteiger partial charge < -0.3 is 5.11 Å². The summed E-state index contributed by atoms with van der Waals surface area (Å²) < 4.78 is 0. The summed E-state index contributed by atoms with van der Waals surface area (Å²) in [5, 5.41) is 9.47. The fourth-order valence-electron chi connectivity index (χ4n) is 2.16. The highest BCUT2D eigenvalue weighted by Gasteiger charge is 2.38. The second-order valence-electron chi connectivity index (χ2n) is 5.96. The number of benzene rings is 1. The molecule has 0 aliphatic rings. The van der Waals surface area contributed by atoms with Crippen LogP contribution in [0, 0.1) is 11.8 Å². The zero-order chi connectivity index (χ0) is 13.9. The predicted molar refractivity (Wildman–Crippen MR) is 74.8 cm³/mol. The van der Waals surface area contributed by atoms with Gasteiger partial charge in [0.2, 0.25) is 0 Å². The number of carboxylic acid groups (broad SMARTS) is 1. The van der Waals surface area contributed by atoms with Crippen LogP contribution < -0.4 is 0 Å². The first kappa shape index (κ1) is 14.7. The van der Waals surface area contributed by atoms with Crippen LogP contribution in [-0.2, 0) is 16.6 Å². The Hall–Kier alpha value is -1.31. The first-order valence-corrected chi connectivity index (χ1v) is 6.61. The Morgan fingerprint density at radius 2 is 1.67 bits per heavy atom. The molecule has 1 aromatic carbocycles. The van der Waals surface area contributed by atoms with Crippen LogP contribution in [0.4, 0.5) is 0 Å². The van der Waals surface area contributed by atoms with Gasteiger partial charge in [-0.25, -0.2) is 0 Å². The predicted octanol–water partition coefficient (Wildman–Crippen LogP) is 3.88. The molecule has 0 saturated heterocycles. The van der Waals surface area contributed by atoms with Gasteiger partial charge in [0.1, 0.15) is 0 Å². The highest BCUT2D eigenvalue weighted by Crippen LogP contribution is 2.32. The highest BCUT2D eigenvalue weighted by molar-refractivity contribution is 5.81. The average molecular weight is 248 g/mol. The van der Waals surface area contributed by atoms with Crippen molar-refractivity contribution in [2.45, 2.75) is 46.5 Å². The molecule has 100 valence electrons. The zero-order valence-corrected chi connectivity index (χ0v) is 12.0. The second kappa shape index (κ2) is 5.55. The Labute approximate surface area is 110 Å². The van der Waals surface area contributed by atoms with Crippen LogP contribution in [0.1, 0.15) is 45.7 Å². The van der Waals surface area contributed by atoms with Crippen molar-refractivity contribution in [3.63, 3.8) is 0 Å². The number of hydrogen-bond donors (Lipinski definition) is 1. The van der Waals surface area contributed by atoms with Gasteiger partial charge in [0.25, 0.3) is 0 Å². The van der Waals surface area contributed by atoms with Crippen LogP contribution in [0.3, 0.4) is 0 Å². The Morgan fingerprint density at radius 1 is 1.17 bits per heavy atom. The van der Waals surface area contributed by atoms with Gasteiger partial charge in [-0.15, -0.1) is 0 Å². The SMILES string of the molecule is CC(C)Cc1ccc(C(C)(C(=O)O)C(C)C)cc1. The van der Waals surface area contributed by atoms with Crippen molar-refractivity contribution in [3.05, 3.63) is 35.4 Å². The molecule has 0 aliphatic heterocycles. The van der Waals surface area contributed by atoms with Gasteiger partial charge >= 0.3 is 5.97 Å². The minimum atomic E-state index is -0.809. The van der Waals surface area contributed by atoms with Crippen molar-refractivity contribution in [2.24, 2.45) is 11.8 Å². The van der Waals surface area contributed by atoms with E-state index >= 15 is 0 Å². The summed E-state index contributed by atoms with van der Waals surface area (Å²) in [6.45, 7) is 10.1. The zero-order valence-electron chi connectivity index (χ0n) is 12.0. The van der Waals surface area contributed by atoms with E-state index < -0.39 is 11.4 Å². The molecule has 1 rings (SSSR count). The molecule has 2 heteroatoms. The highest BCUT2D eigenvalue weighted by atomic mass is 16.4.